The van der Waals surface area contributed by atoms with E-state index in [-0.39, 0.29) is 6.03 Å². The van der Waals surface area contributed by atoms with Gasteiger partial charge in [0, 0.05) is 13.1 Å². The van der Waals surface area contributed by atoms with Gasteiger partial charge in [-0.1, -0.05) is 0 Å². The van der Waals surface area contributed by atoms with E-state index in [0.717, 1.165) is 5.56 Å². The summed E-state index contributed by atoms with van der Waals surface area (Å²) in [5.74, 6) is -1.70. The highest BCUT2D eigenvalue weighted by Crippen LogP contribution is 2.29. The Kier molecular flexibility index (Phi) is 5.02. The van der Waals surface area contributed by atoms with Gasteiger partial charge in [-0.25, -0.2) is 9.59 Å². The number of likely N-dealkylation sites (tertiary alicyclic amines) is 1. The number of carboxylic acids is 1. The number of thiophene rings is 1. The van der Waals surface area contributed by atoms with Gasteiger partial charge in [0.25, 0.3) is 0 Å². The summed E-state index contributed by atoms with van der Waals surface area (Å²) in [6.45, 7) is 2.55. The second kappa shape index (κ2) is 6.78. The van der Waals surface area contributed by atoms with E-state index < -0.39 is 17.9 Å². The van der Waals surface area contributed by atoms with Crippen molar-refractivity contribution in [2.75, 3.05) is 25.5 Å². The second-order valence-electron chi connectivity index (χ2n) is 5.14. The fraction of sp³-hybridized carbons (Fsp3) is 0.500. The predicted molar refractivity (Wildman–Crippen MR) is 81.3 cm³/mol. The average Bonchev–Trinajstić information content (AvgIpc) is 2.87. The minimum Gasteiger partial charge on any atom is -0.481 e. The Hall–Kier alpha value is -2.09. The van der Waals surface area contributed by atoms with Gasteiger partial charge in [-0.15, -0.1) is 11.3 Å². The van der Waals surface area contributed by atoms with Crippen molar-refractivity contribution in [1.82, 2.24) is 4.90 Å². The minimum atomic E-state index is -0.818. The Bertz CT molecular complexity index is 590. The highest BCUT2D eigenvalue weighted by Gasteiger charge is 2.28. The lowest BCUT2D eigenvalue weighted by Crippen LogP contribution is -2.42. The number of anilines is 1. The van der Waals surface area contributed by atoms with Gasteiger partial charge >= 0.3 is 18.0 Å². The highest BCUT2D eigenvalue weighted by molar-refractivity contribution is 7.15. The molecule has 0 bridgehead atoms. The summed E-state index contributed by atoms with van der Waals surface area (Å²) in [5, 5.41) is 13.9. The molecule has 120 valence electrons. The number of amides is 2. The quantitative estimate of drug-likeness (QED) is 0.830. The number of hydrogen-bond acceptors (Lipinski definition) is 5. The standard InChI is InChI=1S/C14H18N2O5S/c1-8-7-22-11(10(8)13(19)21-2)15-14(20)16-5-3-9(4-6-16)12(17)18/h7,9H,3-6H2,1-2H3,(H,15,20)(H,17,18). The molecule has 1 saturated heterocycles. The number of carboxylic acid groups (broad SMARTS) is 1. The molecule has 1 aliphatic rings. The zero-order valence-electron chi connectivity index (χ0n) is 12.4. The molecule has 0 radical (unpaired) electrons. The molecule has 0 aliphatic carbocycles. The third-order valence-electron chi connectivity index (χ3n) is 3.72. The molecule has 1 aromatic heterocycles. The van der Waals surface area contributed by atoms with Gasteiger partial charge in [0.2, 0.25) is 0 Å². The summed E-state index contributed by atoms with van der Waals surface area (Å²) in [4.78, 5) is 36.5. The maximum atomic E-state index is 12.2. The van der Waals surface area contributed by atoms with E-state index in [1.807, 2.05) is 0 Å². The SMILES string of the molecule is COC(=O)c1c(C)csc1NC(=O)N1CCC(C(=O)O)CC1. The van der Waals surface area contributed by atoms with Crippen LogP contribution in [0.1, 0.15) is 28.8 Å². The van der Waals surface area contributed by atoms with E-state index in [4.69, 9.17) is 9.84 Å². The van der Waals surface area contributed by atoms with Gasteiger partial charge in [-0.05, 0) is 30.7 Å². The van der Waals surface area contributed by atoms with Crippen LogP contribution in [0, 0.1) is 12.8 Å². The first-order chi connectivity index (χ1) is 10.4. The van der Waals surface area contributed by atoms with Crippen LogP contribution < -0.4 is 5.32 Å². The molecule has 0 aromatic carbocycles. The Morgan fingerprint density at radius 2 is 2.00 bits per heavy atom. The number of methoxy groups -OCH3 is 1. The fourth-order valence-corrected chi connectivity index (χ4v) is 3.32. The first kappa shape index (κ1) is 16.3. The molecular weight excluding hydrogens is 308 g/mol. The lowest BCUT2D eigenvalue weighted by Gasteiger charge is -2.30. The van der Waals surface area contributed by atoms with Crippen LogP contribution in [0.5, 0.6) is 0 Å². The number of hydrogen-bond donors (Lipinski definition) is 2. The molecule has 8 heteroatoms. The number of aryl methyl sites for hydroxylation is 1. The summed E-state index contributed by atoms with van der Waals surface area (Å²) in [5.41, 5.74) is 1.11. The van der Waals surface area contributed by atoms with Crippen molar-refractivity contribution in [1.29, 1.82) is 0 Å². The molecule has 0 atom stereocenters. The molecule has 0 unspecified atom stereocenters. The summed E-state index contributed by atoms with van der Waals surface area (Å²) < 4.78 is 4.72. The van der Waals surface area contributed by atoms with Crippen molar-refractivity contribution in [2.24, 2.45) is 5.92 Å². The molecule has 2 N–H and O–H groups in total. The first-order valence-corrected chi connectivity index (χ1v) is 7.77. The van der Waals surface area contributed by atoms with Crippen molar-refractivity contribution >= 4 is 34.3 Å². The smallest absolute Gasteiger partial charge is 0.341 e. The van der Waals surface area contributed by atoms with Crippen LogP contribution in [0.3, 0.4) is 0 Å². The van der Waals surface area contributed by atoms with Crippen molar-refractivity contribution < 1.29 is 24.2 Å². The number of piperidine rings is 1. The lowest BCUT2D eigenvalue weighted by molar-refractivity contribution is -0.143. The van der Waals surface area contributed by atoms with Gasteiger partial charge in [-0.3, -0.25) is 10.1 Å². The number of esters is 1. The third-order valence-corrected chi connectivity index (χ3v) is 4.73. The maximum absolute atomic E-state index is 12.2. The number of nitrogens with one attached hydrogen (secondary N) is 1. The van der Waals surface area contributed by atoms with Crippen LogP contribution in [0.15, 0.2) is 5.38 Å². The molecule has 2 amide bonds. The number of nitrogens with zero attached hydrogens (tertiary/aromatic N) is 1. The Balaban J connectivity index is 2.02. The number of aliphatic carboxylic acids is 1. The Labute approximate surface area is 131 Å². The first-order valence-electron chi connectivity index (χ1n) is 6.89. The predicted octanol–water partition coefficient (Wildman–Crippen LogP) is 2.17. The van der Waals surface area contributed by atoms with Crippen LogP contribution in [0.4, 0.5) is 9.80 Å². The molecular formula is C14H18N2O5S. The maximum Gasteiger partial charge on any atom is 0.341 e. The number of ether oxygens (including phenoxy) is 1. The van der Waals surface area contributed by atoms with Crippen molar-refractivity contribution in [3.05, 3.63) is 16.5 Å². The topological polar surface area (TPSA) is 95.9 Å². The van der Waals surface area contributed by atoms with Crippen LogP contribution in [0.25, 0.3) is 0 Å². The molecule has 1 fully saturated rings. The van der Waals surface area contributed by atoms with Gasteiger partial charge in [0.05, 0.1) is 18.6 Å². The molecule has 2 heterocycles. The van der Waals surface area contributed by atoms with Gasteiger partial charge in [0.15, 0.2) is 0 Å². The largest absolute Gasteiger partial charge is 0.481 e. The van der Waals surface area contributed by atoms with E-state index in [1.54, 1.807) is 17.2 Å². The van der Waals surface area contributed by atoms with Gasteiger partial charge < -0.3 is 14.7 Å². The molecule has 7 nitrogen and oxygen atoms in total. The van der Waals surface area contributed by atoms with E-state index >= 15 is 0 Å². The molecule has 1 aromatic rings. The average molecular weight is 326 g/mol. The summed E-state index contributed by atoms with van der Waals surface area (Å²) in [7, 11) is 1.29. The van der Waals surface area contributed by atoms with Crippen LogP contribution >= 0.6 is 11.3 Å². The zero-order chi connectivity index (χ0) is 16.3. The zero-order valence-corrected chi connectivity index (χ0v) is 13.2. The normalized spacial score (nSPS) is 15.5. The number of carbonyl (C=O) groups is 3. The molecule has 2 rings (SSSR count). The molecule has 22 heavy (non-hydrogen) atoms. The highest BCUT2D eigenvalue weighted by atomic mass is 32.1. The van der Waals surface area contributed by atoms with Crippen LogP contribution in [0.2, 0.25) is 0 Å². The minimum absolute atomic E-state index is 0.323. The second-order valence-corrected chi connectivity index (χ2v) is 6.02. The van der Waals surface area contributed by atoms with E-state index in [2.05, 4.69) is 5.32 Å². The summed E-state index contributed by atoms with van der Waals surface area (Å²) in [6.07, 6.45) is 0.881. The fourth-order valence-electron chi connectivity index (χ4n) is 2.40. The van der Waals surface area contributed by atoms with Crippen molar-refractivity contribution in [3.8, 4) is 0 Å². The number of carbonyl (C=O) groups excluding carboxylic acids is 2. The summed E-state index contributed by atoms with van der Waals surface area (Å²) >= 11 is 1.26. The van der Waals surface area contributed by atoms with Crippen molar-refractivity contribution in [2.45, 2.75) is 19.8 Å². The lowest BCUT2D eigenvalue weighted by atomic mass is 9.97. The van der Waals surface area contributed by atoms with Gasteiger partial charge in [-0.2, -0.15) is 0 Å². The molecule has 1 aliphatic heterocycles. The Morgan fingerprint density at radius 3 is 2.55 bits per heavy atom. The van der Waals surface area contributed by atoms with E-state index in [1.165, 1.54) is 18.4 Å². The van der Waals surface area contributed by atoms with Gasteiger partial charge in [0.1, 0.15) is 5.00 Å². The number of rotatable bonds is 3. The van der Waals surface area contributed by atoms with Crippen LogP contribution in [-0.2, 0) is 9.53 Å². The number of urea groups is 1. The molecule has 0 saturated carbocycles. The Morgan fingerprint density at radius 1 is 1.36 bits per heavy atom. The summed E-state index contributed by atoms with van der Waals surface area (Å²) in [6, 6.07) is -0.323. The van der Waals surface area contributed by atoms with Crippen molar-refractivity contribution in [3.63, 3.8) is 0 Å². The molecule has 0 spiro atoms. The van der Waals surface area contributed by atoms with E-state index in [0.29, 0.717) is 36.5 Å². The van der Waals surface area contributed by atoms with E-state index in [9.17, 15) is 14.4 Å². The monoisotopic (exact) mass is 326 g/mol. The van der Waals surface area contributed by atoms with Crippen LogP contribution in [-0.4, -0.2) is 48.2 Å². The third kappa shape index (κ3) is 3.38.